The highest BCUT2D eigenvalue weighted by Gasteiger charge is 2.17. The molecule has 1 fully saturated rings. The number of aromatic nitrogens is 2. The molecule has 158 valence electrons. The molecule has 1 saturated heterocycles. The van der Waals surface area contributed by atoms with Crippen LogP contribution in [0.1, 0.15) is 26.3 Å². The number of hydrogen-bond acceptors (Lipinski definition) is 6. The summed E-state index contributed by atoms with van der Waals surface area (Å²) < 4.78 is 5.36. The molecule has 0 atom stereocenters. The lowest BCUT2D eigenvalue weighted by molar-refractivity contribution is 0.102. The van der Waals surface area contributed by atoms with E-state index in [1.807, 2.05) is 25.1 Å². The number of nitrogens with one attached hydrogen (secondary N) is 2. The van der Waals surface area contributed by atoms with Gasteiger partial charge in [-0.1, -0.05) is 12.1 Å². The molecular formula is C23H23N5O3. The van der Waals surface area contributed by atoms with Crippen LogP contribution in [0.3, 0.4) is 0 Å². The quantitative estimate of drug-likeness (QED) is 0.662. The van der Waals surface area contributed by atoms with Crippen LogP contribution in [-0.2, 0) is 4.74 Å². The molecule has 8 nitrogen and oxygen atoms in total. The van der Waals surface area contributed by atoms with Gasteiger partial charge in [-0.15, -0.1) is 0 Å². The van der Waals surface area contributed by atoms with Crippen molar-refractivity contribution in [1.82, 2.24) is 9.97 Å². The first-order valence-electron chi connectivity index (χ1n) is 10.0. The third-order valence-electron chi connectivity index (χ3n) is 5.04. The Morgan fingerprint density at radius 3 is 2.45 bits per heavy atom. The Hall–Kier alpha value is -3.78. The summed E-state index contributed by atoms with van der Waals surface area (Å²) in [6.45, 7) is 4.80. The van der Waals surface area contributed by atoms with E-state index in [2.05, 4.69) is 25.5 Å². The van der Waals surface area contributed by atoms with E-state index in [0.29, 0.717) is 35.7 Å². The maximum atomic E-state index is 13.0. The summed E-state index contributed by atoms with van der Waals surface area (Å²) >= 11 is 0. The fraction of sp³-hybridized carbons (Fsp3) is 0.217. The Morgan fingerprint density at radius 1 is 0.968 bits per heavy atom. The molecule has 0 bridgehead atoms. The number of pyridine rings is 2. The molecule has 3 aromatic rings. The fourth-order valence-corrected chi connectivity index (χ4v) is 3.35. The van der Waals surface area contributed by atoms with Gasteiger partial charge in [0.1, 0.15) is 5.82 Å². The summed E-state index contributed by atoms with van der Waals surface area (Å²) in [7, 11) is 0. The summed E-state index contributed by atoms with van der Waals surface area (Å²) in [6.07, 6.45) is 4.73. The highest BCUT2D eigenvalue weighted by molar-refractivity contribution is 6.13. The minimum atomic E-state index is -0.324. The van der Waals surface area contributed by atoms with Gasteiger partial charge in [0, 0.05) is 31.0 Å². The highest BCUT2D eigenvalue weighted by atomic mass is 16.5. The fourth-order valence-electron chi connectivity index (χ4n) is 3.35. The number of ether oxygens (including phenoxy) is 1. The molecule has 1 aliphatic heterocycles. The number of benzene rings is 1. The van der Waals surface area contributed by atoms with Crippen LogP contribution >= 0.6 is 0 Å². The van der Waals surface area contributed by atoms with Crippen molar-refractivity contribution in [3.63, 3.8) is 0 Å². The minimum Gasteiger partial charge on any atom is -0.378 e. The average Bonchev–Trinajstić information content (AvgIpc) is 2.82. The maximum Gasteiger partial charge on any atom is 0.257 e. The second-order valence-corrected chi connectivity index (χ2v) is 7.15. The lowest BCUT2D eigenvalue weighted by Gasteiger charge is -2.27. The van der Waals surface area contributed by atoms with Crippen molar-refractivity contribution in [3.8, 4) is 0 Å². The van der Waals surface area contributed by atoms with E-state index < -0.39 is 0 Å². The Balaban J connectivity index is 1.49. The predicted octanol–water partition coefficient (Wildman–Crippen LogP) is 3.13. The summed E-state index contributed by atoms with van der Waals surface area (Å²) in [4.78, 5) is 36.1. The molecule has 4 rings (SSSR count). The van der Waals surface area contributed by atoms with Crippen LogP contribution in [0.2, 0.25) is 0 Å². The number of morpholine rings is 1. The Labute approximate surface area is 180 Å². The zero-order valence-corrected chi connectivity index (χ0v) is 17.2. The van der Waals surface area contributed by atoms with Crippen molar-refractivity contribution in [2.75, 3.05) is 41.8 Å². The second-order valence-electron chi connectivity index (χ2n) is 7.15. The highest BCUT2D eigenvalue weighted by Crippen LogP contribution is 2.23. The second kappa shape index (κ2) is 9.36. The van der Waals surface area contributed by atoms with Gasteiger partial charge >= 0.3 is 0 Å². The molecule has 0 unspecified atom stereocenters. The number of aryl methyl sites for hydroxylation is 1. The smallest absolute Gasteiger partial charge is 0.257 e. The Morgan fingerprint density at radius 2 is 1.74 bits per heavy atom. The number of nitrogens with zero attached hydrogens (tertiary/aromatic N) is 3. The molecule has 31 heavy (non-hydrogen) atoms. The van der Waals surface area contributed by atoms with Crippen LogP contribution in [0.4, 0.5) is 17.2 Å². The van der Waals surface area contributed by atoms with Crippen LogP contribution in [0.15, 0.2) is 61.1 Å². The predicted molar refractivity (Wildman–Crippen MR) is 119 cm³/mol. The molecule has 0 radical (unpaired) electrons. The lowest BCUT2D eigenvalue weighted by atomic mass is 10.1. The van der Waals surface area contributed by atoms with Crippen LogP contribution in [-0.4, -0.2) is 48.1 Å². The van der Waals surface area contributed by atoms with Crippen molar-refractivity contribution >= 4 is 29.0 Å². The topological polar surface area (TPSA) is 96.5 Å². The van der Waals surface area contributed by atoms with E-state index in [-0.39, 0.29) is 11.8 Å². The zero-order chi connectivity index (χ0) is 21.6. The van der Waals surface area contributed by atoms with Crippen LogP contribution in [0.25, 0.3) is 0 Å². The van der Waals surface area contributed by atoms with E-state index in [1.54, 1.807) is 42.9 Å². The number of carbonyl (C=O) groups excluding carboxylic acids is 2. The molecule has 2 N–H and O–H groups in total. The number of para-hydroxylation sites is 1. The molecule has 0 spiro atoms. The van der Waals surface area contributed by atoms with Gasteiger partial charge in [-0.05, 0) is 42.8 Å². The van der Waals surface area contributed by atoms with E-state index in [0.717, 1.165) is 24.5 Å². The van der Waals surface area contributed by atoms with Crippen molar-refractivity contribution in [1.29, 1.82) is 0 Å². The largest absolute Gasteiger partial charge is 0.378 e. The molecule has 0 aliphatic carbocycles. The Bertz CT molecular complexity index is 1060. The van der Waals surface area contributed by atoms with Gasteiger partial charge in [0.05, 0.1) is 36.3 Å². The zero-order valence-electron chi connectivity index (χ0n) is 17.2. The monoisotopic (exact) mass is 417 g/mol. The molecule has 2 aromatic heterocycles. The number of hydrogen-bond donors (Lipinski definition) is 2. The molecular weight excluding hydrogens is 394 g/mol. The van der Waals surface area contributed by atoms with Gasteiger partial charge in [0.2, 0.25) is 0 Å². The molecule has 1 aromatic carbocycles. The normalized spacial score (nSPS) is 13.5. The van der Waals surface area contributed by atoms with Crippen molar-refractivity contribution in [2.24, 2.45) is 0 Å². The standard InChI is InChI=1S/C23H23N5O3/c1-16-3-2-4-19(21(16)27-22(29)17-7-9-24-10-8-17)23(30)26-18-5-6-20(25-15-18)28-11-13-31-14-12-28/h2-10,15H,11-14H2,1H3,(H,26,30)(H,27,29). The van der Waals surface area contributed by atoms with E-state index in [1.165, 1.54) is 0 Å². The number of carbonyl (C=O) groups is 2. The van der Waals surface area contributed by atoms with E-state index >= 15 is 0 Å². The summed E-state index contributed by atoms with van der Waals surface area (Å²) in [6, 6.07) is 12.2. The van der Waals surface area contributed by atoms with E-state index in [4.69, 9.17) is 4.74 Å². The number of rotatable bonds is 5. The summed E-state index contributed by atoms with van der Waals surface area (Å²) in [5.41, 5.74) is 2.68. The van der Waals surface area contributed by atoms with Gasteiger partial charge in [-0.2, -0.15) is 0 Å². The third-order valence-corrected chi connectivity index (χ3v) is 5.04. The van der Waals surface area contributed by atoms with Crippen molar-refractivity contribution in [3.05, 3.63) is 77.7 Å². The minimum absolute atomic E-state index is 0.303. The molecule has 2 amide bonds. The van der Waals surface area contributed by atoms with Crippen LogP contribution in [0.5, 0.6) is 0 Å². The van der Waals surface area contributed by atoms with Gasteiger partial charge in [0.15, 0.2) is 0 Å². The SMILES string of the molecule is Cc1cccc(C(=O)Nc2ccc(N3CCOCC3)nc2)c1NC(=O)c1ccncc1. The van der Waals surface area contributed by atoms with Gasteiger partial charge in [-0.3, -0.25) is 14.6 Å². The van der Waals surface area contributed by atoms with Crippen LogP contribution < -0.4 is 15.5 Å². The third kappa shape index (κ3) is 4.87. The number of anilines is 3. The molecule has 3 heterocycles. The van der Waals surface area contributed by atoms with Gasteiger partial charge < -0.3 is 20.3 Å². The maximum absolute atomic E-state index is 13.0. The molecule has 0 saturated carbocycles. The van der Waals surface area contributed by atoms with E-state index in [9.17, 15) is 9.59 Å². The van der Waals surface area contributed by atoms with Gasteiger partial charge in [-0.25, -0.2) is 4.98 Å². The molecule has 1 aliphatic rings. The van der Waals surface area contributed by atoms with Crippen LogP contribution in [0, 0.1) is 6.92 Å². The first kappa shape index (κ1) is 20.5. The average molecular weight is 417 g/mol. The molecule has 8 heteroatoms. The van der Waals surface area contributed by atoms with Crippen molar-refractivity contribution < 1.29 is 14.3 Å². The summed E-state index contributed by atoms with van der Waals surface area (Å²) in [5.74, 6) is 0.221. The number of amides is 2. The van der Waals surface area contributed by atoms with Crippen molar-refractivity contribution in [2.45, 2.75) is 6.92 Å². The Kier molecular flexibility index (Phi) is 6.18. The first-order valence-corrected chi connectivity index (χ1v) is 10.0. The first-order chi connectivity index (χ1) is 15.1. The lowest BCUT2D eigenvalue weighted by Crippen LogP contribution is -2.36. The van der Waals surface area contributed by atoms with Gasteiger partial charge in [0.25, 0.3) is 11.8 Å². The summed E-state index contributed by atoms with van der Waals surface area (Å²) in [5, 5.41) is 5.72.